The molecule has 3 heterocycles. The van der Waals surface area contributed by atoms with E-state index in [0.29, 0.717) is 28.6 Å². The molecular weight excluding hydrogens is 332 g/mol. The van der Waals surface area contributed by atoms with Gasteiger partial charge in [-0.25, -0.2) is 4.79 Å². The topological polar surface area (TPSA) is 77.7 Å². The fourth-order valence-electron chi connectivity index (χ4n) is 3.97. The smallest absolute Gasteiger partial charge is 0.340 e. The first-order chi connectivity index (χ1) is 12.4. The average Bonchev–Trinajstić information content (AvgIpc) is 3.19. The SMILES string of the molecule is Cc1[nH]c(C(=O)N2CCC(N3CCNCC3)C2)c(C)c1C(=O)OC(C)C. The Balaban J connectivity index is 1.71. The van der Waals surface area contributed by atoms with E-state index in [2.05, 4.69) is 15.2 Å². The molecule has 3 rings (SSSR count). The number of hydrogen-bond donors (Lipinski definition) is 2. The molecule has 1 unspecified atom stereocenters. The van der Waals surface area contributed by atoms with Gasteiger partial charge >= 0.3 is 5.97 Å². The first kappa shape index (κ1) is 18.9. The van der Waals surface area contributed by atoms with Gasteiger partial charge < -0.3 is 19.9 Å². The fourth-order valence-corrected chi connectivity index (χ4v) is 3.97. The highest BCUT2D eigenvalue weighted by atomic mass is 16.5. The molecule has 2 saturated heterocycles. The van der Waals surface area contributed by atoms with Gasteiger partial charge in [-0.15, -0.1) is 0 Å². The van der Waals surface area contributed by atoms with E-state index in [0.717, 1.165) is 45.7 Å². The lowest BCUT2D eigenvalue weighted by Crippen LogP contribution is -2.49. The summed E-state index contributed by atoms with van der Waals surface area (Å²) in [7, 11) is 0. The van der Waals surface area contributed by atoms with Crippen molar-refractivity contribution in [1.82, 2.24) is 20.1 Å². The molecule has 7 heteroatoms. The van der Waals surface area contributed by atoms with Crippen LogP contribution in [0.1, 0.15) is 52.4 Å². The van der Waals surface area contributed by atoms with E-state index in [1.807, 2.05) is 32.6 Å². The van der Waals surface area contributed by atoms with Crippen LogP contribution in [0.5, 0.6) is 0 Å². The van der Waals surface area contributed by atoms with E-state index in [4.69, 9.17) is 4.74 Å². The summed E-state index contributed by atoms with van der Waals surface area (Å²) < 4.78 is 5.32. The molecule has 1 amide bonds. The molecule has 0 aliphatic carbocycles. The number of ether oxygens (including phenoxy) is 1. The van der Waals surface area contributed by atoms with E-state index >= 15 is 0 Å². The van der Waals surface area contributed by atoms with Gasteiger partial charge in [-0.3, -0.25) is 9.69 Å². The maximum absolute atomic E-state index is 13.0. The largest absolute Gasteiger partial charge is 0.459 e. The van der Waals surface area contributed by atoms with Crippen LogP contribution in [-0.2, 0) is 4.74 Å². The van der Waals surface area contributed by atoms with Crippen molar-refractivity contribution in [1.29, 1.82) is 0 Å². The minimum absolute atomic E-state index is 0.0215. The average molecular weight is 362 g/mol. The van der Waals surface area contributed by atoms with Gasteiger partial charge in [0.15, 0.2) is 0 Å². The van der Waals surface area contributed by atoms with Crippen LogP contribution in [0, 0.1) is 13.8 Å². The van der Waals surface area contributed by atoms with Crippen LogP contribution in [-0.4, -0.2) is 78.1 Å². The van der Waals surface area contributed by atoms with Gasteiger partial charge in [0.25, 0.3) is 5.91 Å². The first-order valence-electron chi connectivity index (χ1n) is 9.52. The number of nitrogens with one attached hydrogen (secondary N) is 2. The van der Waals surface area contributed by atoms with Crippen LogP contribution in [0.25, 0.3) is 0 Å². The number of H-pyrrole nitrogens is 1. The van der Waals surface area contributed by atoms with Crippen molar-refractivity contribution in [3.63, 3.8) is 0 Å². The van der Waals surface area contributed by atoms with E-state index < -0.39 is 0 Å². The third-order valence-electron chi connectivity index (χ3n) is 5.32. The molecule has 2 aliphatic rings. The van der Waals surface area contributed by atoms with Crippen molar-refractivity contribution in [2.24, 2.45) is 0 Å². The number of esters is 1. The van der Waals surface area contributed by atoms with Gasteiger partial charge in [0.2, 0.25) is 0 Å². The van der Waals surface area contributed by atoms with Crippen LogP contribution in [0.2, 0.25) is 0 Å². The molecule has 144 valence electrons. The molecule has 0 spiro atoms. The van der Waals surface area contributed by atoms with Gasteiger partial charge in [-0.1, -0.05) is 0 Å². The number of nitrogens with zero attached hydrogens (tertiary/aromatic N) is 2. The molecule has 0 saturated carbocycles. The second-order valence-corrected chi connectivity index (χ2v) is 7.56. The van der Waals surface area contributed by atoms with E-state index in [1.54, 1.807) is 0 Å². The van der Waals surface area contributed by atoms with Crippen molar-refractivity contribution in [2.45, 2.75) is 46.3 Å². The number of aryl methyl sites for hydroxylation is 1. The van der Waals surface area contributed by atoms with Crippen molar-refractivity contribution >= 4 is 11.9 Å². The molecule has 2 N–H and O–H groups in total. The molecule has 0 bridgehead atoms. The van der Waals surface area contributed by atoms with Crippen LogP contribution in [0.15, 0.2) is 0 Å². The Morgan fingerprint density at radius 2 is 1.85 bits per heavy atom. The molecule has 1 aromatic heterocycles. The lowest BCUT2D eigenvalue weighted by molar-refractivity contribution is 0.0376. The summed E-state index contributed by atoms with van der Waals surface area (Å²) in [5.41, 5.74) is 2.37. The lowest BCUT2D eigenvalue weighted by atomic mass is 10.1. The molecule has 2 fully saturated rings. The number of carbonyl (C=O) groups is 2. The summed E-state index contributed by atoms with van der Waals surface area (Å²) >= 11 is 0. The number of hydrogen-bond acceptors (Lipinski definition) is 5. The molecule has 7 nitrogen and oxygen atoms in total. The van der Waals surface area contributed by atoms with Crippen molar-refractivity contribution in [2.75, 3.05) is 39.3 Å². The van der Waals surface area contributed by atoms with Gasteiger partial charge in [-0.05, 0) is 39.7 Å². The van der Waals surface area contributed by atoms with Crippen molar-refractivity contribution < 1.29 is 14.3 Å². The second kappa shape index (κ2) is 7.80. The maximum Gasteiger partial charge on any atom is 0.340 e. The number of aromatic nitrogens is 1. The summed E-state index contributed by atoms with van der Waals surface area (Å²) in [5.74, 6) is -0.391. The van der Waals surface area contributed by atoms with E-state index in [-0.39, 0.29) is 18.0 Å². The number of piperazine rings is 1. The van der Waals surface area contributed by atoms with Crippen LogP contribution < -0.4 is 5.32 Å². The number of amides is 1. The summed E-state index contributed by atoms with van der Waals surface area (Å²) in [6.45, 7) is 12.9. The summed E-state index contributed by atoms with van der Waals surface area (Å²) in [6, 6.07) is 0.433. The molecule has 1 aromatic rings. The summed E-state index contributed by atoms with van der Waals surface area (Å²) in [5, 5.41) is 3.37. The number of carbonyl (C=O) groups excluding carboxylic acids is 2. The van der Waals surface area contributed by atoms with Crippen molar-refractivity contribution in [3.8, 4) is 0 Å². The van der Waals surface area contributed by atoms with Gasteiger partial charge in [0, 0.05) is 51.0 Å². The minimum atomic E-state index is -0.370. The summed E-state index contributed by atoms with van der Waals surface area (Å²) in [4.78, 5) is 32.9. The molecule has 1 atom stereocenters. The maximum atomic E-state index is 13.0. The molecule has 0 aromatic carbocycles. The zero-order valence-electron chi connectivity index (χ0n) is 16.2. The van der Waals surface area contributed by atoms with Gasteiger partial charge in [0.05, 0.1) is 11.7 Å². The highest BCUT2D eigenvalue weighted by molar-refractivity contribution is 6.00. The Hall–Kier alpha value is -1.86. The predicted molar refractivity (Wildman–Crippen MR) is 99.6 cm³/mol. The monoisotopic (exact) mass is 362 g/mol. The standard InChI is InChI=1S/C19H30N4O3/c1-12(2)26-19(25)16-13(3)17(21-14(16)4)18(24)23-8-5-15(11-23)22-9-6-20-7-10-22/h12,15,20-21H,5-11H2,1-4H3. The highest BCUT2D eigenvalue weighted by Gasteiger charge is 2.33. The Morgan fingerprint density at radius 3 is 2.50 bits per heavy atom. The number of rotatable bonds is 4. The Kier molecular flexibility index (Phi) is 5.67. The molecular formula is C19H30N4O3. The molecule has 0 radical (unpaired) electrons. The normalized spacial score (nSPS) is 21.4. The number of aromatic amines is 1. The minimum Gasteiger partial charge on any atom is -0.459 e. The zero-order valence-corrected chi connectivity index (χ0v) is 16.2. The second-order valence-electron chi connectivity index (χ2n) is 7.56. The quantitative estimate of drug-likeness (QED) is 0.790. The zero-order chi connectivity index (χ0) is 18.8. The summed E-state index contributed by atoms with van der Waals surface area (Å²) in [6.07, 6.45) is 0.820. The highest BCUT2D eigenvalue weighted by Crippen LogP contribution is 2.24. The fraction of sp³-hybridized carbons (Fsp3) is 0.684. The van der Waals surface area contributed by atoms with E-state index in [1.165, 1.54) is 0 Å². The van der Waals surface area contributed by atoms with E-state index in [9.17, 15) is 9.59 Å². The molecule has 2 aliphatic heterocycles. The Bertz CT molecular complexity index is 677. The van der Waals surface area contributed by atoms with Gasteiger partial charge in [0.1, 0.15) is 5.69 Å². The van der Waals surface area contributed by atoms with Crippen LogP contribution >= 0.6 is 0 Å². The Labute approximate surface area is 155 Å². The third kappa shape index (κ3) is 3.78. The van der Waals surface area contributed by atoms with Crippen LogP contribution in [0.4, 0.5) is 0 Å². The lowest BCUT2D eigenvalue weighted by Gasteiger charge is -2.32. The molecule has 26 heavy (non-hydrogen) atoms. The van der Waals surface area contributed by atoms with Gasteiger partial charge in [-0.2, -0.15) is 0 Å². The van der Waals surface area contributed by atoms with Crippen LogP contribution in [0.3, 0.4) is 0 Å². The predicted octanol–water partition coefficient (Wildman–Crippen LogP) is 1.32. The first-order valence-corrected chi connectivity index (χ1v) is 9.52. The Morgan fingerprint density at radius 1 is 1.15 bits per heavy atom. The van der Waals surface area contributed by atoms with Crippen molar-refractivity contribution in [3.05, 3.63) is 22.5 Å². The number of likely N-dealkylation sites (tertiary alicyclic amines) is 1. The third-order valence-corrected chi connectivity index (χ3v) is 5.32.